The summed E-state index contributed by atoms with van der Waals surface area (Å²) in [5, 5.41) is 3.21. The second kappa shape index (κ2) is 4.09. The van der Waals surface area contributed by atoms with Gasteiger partial charge in [-0.25, -0.2) is 0 Å². The zero-order valence-corrected chi connectivity index (χ0v) is 5.07. The van der Waals surface area contributed by atoms with Crippen LogP contribution in [0.1, 0.15) is 13.3 Å². The van der Waals surface area contributed by atoms with Crippen LogP contribution < -0.4 is 11.1 Å². The van der Waals surface area contributed by atoms with E-state index < -0.39 is 0 Å². The number of hydrogen-bond acceptors (Lipinski definition) is 2. The highest BCUT2D eigenvalue weighted by atomic mass is 15.0. The summed E-state index contributed by atoms with van der Waals surface area (Å²) in [5.41, 5.74) is 4.50. The van der Waals surface area contributed by atoms with Gasteiger partial charge in [-0.05, 0) is 26.9 Å². The lowest BCUT2D eigenvalue weighted by Crippen LogP contribution is -2.39. The van der Waals surface area contributed by atoms with Gasteiger partial charge in [-0.2, -0.15) is 0 Å². The maximum Gasteiger partial charge on any atom is 0.00508 e. The highest BCUT2D eigenvalue weighted by Gasteiger charge is 2.07. The standard InChI is InChI=1S/C4H9N.CH5N/c1-4-2-3-5-4;1-2/h4-5H,2-3H2,1H3;2H2,1H3. The maximum atomic E-state index is 4.50. The smallest absolute Gasteiger partial charge is 0.00508 e. The molecular formula is C5H14N2. The summed E-state index contributed by atoms with van der Waals surface area (Å²) in [6.45, 7) is 3.44. The summed E-state index contributed by atoms with van der Waals surface area (Å²) in [7, 11) is 1.50. The first-order chi connectivity index (χ1) is 3.39. The highest BCUT2D eigenvalue weighted by Crippen LogP contribution is 1.96. The second-order valence-electron chi connectivity index (χ2n) is 1.64. The molecule has 0 aromatic carbocycles. The van der Waals surface area contributed by atoms with E-state index in [9.17, 15) is 0 Å². The van der Waals surface area contributed by atoms with Gasteiger partial charge in [0.25, 0.3) is 0 Å². The topological polar surface area (TPSA) is 38.0 Å². The summed E-state index contributed by atoms with van der Waals surface area (Å²) in [6.07, 6.45) is 1.38. The van der Waals surface area contributed by atoms with Crippen LogP contribution in [0.5, 0.6) is 0 Å². The molecule has 1 fully saturated rings. The number of nitrogens with one attached hydrogen (secondary N) is 1. The van der Waals surface area contributed by atoms with Crippen LogP contribution in [0.15, 0.2) is 0 Å². The van der Waals surface area contributed by atoms with Gasteiger partial charge in [-0.1, -0.05) is 0 Å². The Kier molecular flexibility index (Phi) is 4.04. The first-order valence-corrected chi connectivity index (χ1v) is 2.71. The van der Waals surface area contributed by atoms with Crippen molar-refractivity contribution < 1.29 is 0 Å². The Hall–Kier alpha value is -0.0800. The van der Waals surface area contributed by atoms with E-state index in [2.05, 4.69) is 18.0 Å². The minimum absolute atomic E-state index is 0.815. The molecule has 0 amide bonds. The predicted octanol–water partition coefficient (Wildman–Crippen LogP) is -0.0569. The Morgan fingerprint density at radius 2 is 1.86 bits per heavy atom. The quantitative estimate of drug-likeness (QED) is 0.450. The summed E-state index contributed by atoms with van der Waals surface area (Å²) in [4.78, 5) is 0. The lowest BCUT2D eigenvalue weighted by atomic mass is 10.1. The molecule has 2 heteroatoms. The molecule has 3 N–H and O–H groups in total. The van der Waals surface area contributed by atoms with Gasteiger partial charge in [0.2, 0.25) is 0 Å². The third-order valence-electron chi connectivity index (χ3n) is 1.07. The fourth-order valence-corrected chi connectivity index (χ4v) is 0.433. The van der Waals surface area contributed by atoms with E-state index in [1.807, 2.05) is 0 Å². The van der Waals surface area contributed by atoms with Crippen LogP contribution in [0, 0.1) is 0 Å². The zero-order chi connectivity index (χ0) is 5.70. The Labute approximate surface area is 45.1 Å². The lowest BCUT2D eigenvalue weighted by Gasteiger charge is -2.22. The largest absolute Gasteiger partial charge is 0.333 e. The average Bonchev–Trinajstić information content (AvgIpc) is 1.68. The number of rotatable bonds is 0. The van der Waals surface area contributed by atoms with Crippen LogP contribution in [0.25, 0.3) is 0 Å². The van der Waals surface area contributed by atoms with Crippen LogP contribution in [0.2, 0.25) is 0 Å². The third-order valence-corrected chi connectivity index (χ3v) is 1.07. The maximum absolute atomic E-state index is 4.50. The van der Waals surface area contributed by atoms with Crippen molar-refractivity contribution in [2.75, 3.05) is 13.6 Å². The molecule has 0 saturated carbocycles. The molecule has 0 aromatic heterocycles. The molecule has 1 rings (SSSR count). The minimum atomic E-state index is 0.815. The molecule has 1 aliphatic rings. The summed E-state index contributed by atoms with van der Waals surface area (Å²) < 4.78 is 0. The molecule has 0 aromatic rings. The van der Waals surface area contributed by atoms with Gasteiger partial charge >= 0.3 is 0 Å². The van der Waals surface area contributed by atoms with E-state index in [4.69, 9.17) is 0 Å². The van der Waals surface area contributed by atoms with Crippen molar-refractivity contribution in [1.29, 1.82) is 0 Å². The van der Waals surface area contributed by atoms with Crippen molar-refractivity contribution in [3.8, 4) is 0 Å². The first kappa shape index (κ1) is 6.92. The summed E-state index contributed by atoms with van der Waals surface area (Å²) in [6, 6.07) is 0.815. The highest BCUT2D eigenvalue weighted by molar-refractivity contribution is 4.70. The Morgan fingerprint density at radius 1 is 1.57 bits per heavy atom. The van der Waals surface area contributed by atoms with E-state index in [0.29, 0.717) is 0 Å². The zero-order valence-electron chi connectivity index (χ0n) is 5.07. The van der Waals surface area contributed by atoms with E-state index in [1.165, 1.54) is 20.0 Å². The van der Waals surface area contributed by atoms with E-state index in [1.54, 1.807) is 0 Å². The van der Waals surface area contributed by atoms with Crippen LogP contribution in [0.4, 0.5) is 0 Å². The van der Waals surface area contributed by atoms with Gasteiger partial charge in [-0.15, -0.1) is 0 Å². The molecule has 1 aliphatic heterocycles. The molecule has 0 radical (unpaired) electrons. The van der Waals surface area contributed by atoms with E-state index in [0.717, 1.165) is 6.04 Å². The van der Waals surface area contributed by atoms with Crippen LogP contribution in [0.3, 0.4) is 0 Å². The van der Waals surface area contributed by atoms with Gasteiger partial charge in [-0.3, -0.25) is 0 Å². The van der Waals surface area contributed by atoms with Gasteiger partial charge in [0.05, 0.1) is 0 Å². The molecule has 1 atom stereocenters. The monoisotopic (exact) mass is 102 g/mol. The van der Waals surface area contributed by atoms with Crippen LogP contribution in [-0.2, 0) is 0 Å². The van der Waals surface area contributed by atoms with Crippen molar-refractivity contribution >= 4 is 0 Å². The van der Waals surface area contributed by atoms with Crippen molar-refractivity contribution in [2.45, 2.75) is 19.4 Å². The molecule has 44 valence electrons. The van der Waals surface area contributed by atoms with Gasteiger partial charge in [0.15, 0.2) is 0 Å². The van der Waals surface area contributed by atoms with Crippen molar-refractivity contribution in [2.24, 2.45) is 5.73 Å². The van der Waals surface area contributed by atoms with Crippen molar-refractivity contribution in [3.05, 3.63) is 0 Å². The van der Waals surface area contributed by atoms with Gasteiger partial charge in [0.1, 0.15) is 0 Å². The van der Waals surface area contributed by atoms with Gasteiger partial charge in [0, 0.05) is 6.04 Å². The minimum Gasteiger partial charge on any atom is -0.333 e. The molecular weight excluding hydrogens is 88.1 g/mol. The van der Waals surface area contributed by atoms with Crippen LogP contribution >= 0.6 is 0 Å². The summed E-state index contributed by atoms with van der Waals surface area (Å²) in [5.74, 6) is 0. The molecule has 2 nitrogen and oxygen atoms in total. The van der Waals surface area contributed by atoms with Crippen molar-refractivity contribution in [1.82, 2.24) is 5.32 Å². The Bertz CT molecular complexity index is 33.1. The predicted molar refractivity (Wildman–Crippen MR) is 32.2 cm³/mol. The number of hydrogen-bond donors (Lipinski definition) is 2. The molecule has 7 heavy (non-hydrogen) atoms. The molecule has 0 aliphatic carbocycles. The average molecular weight is 102 g/mol. The number of nitrogens with two attached hydrogens (primary N) is 1. The van der Waals surface area contributed by atoms with E-state index in [-0.39, 0.29) is 0 Å². The third kappa shape index (κ3) is 2.60. The Balaban J connectivity index is 0.000000162. The first-order valence-electron chi connectivity index (χ1n) is 2.71. The normalized spacial score (nSPS) is 27.0. The summed E-state index contributed by atoms with van der Waals surface area (Å²) >= 11 is 0. The molecule has 0 bridgehead atoms. The van der Waals surface area contributed by atoms with Crippen molar-refractivity contribution in [3.63, 3.8) is 0 Å². The lowest BCUT2D eigenvalue weighted by molar-refractivity contribution is 0.399. The SMILES string of the molecule is CC1CCN1.CN. The molecule has 1 unspecified atom stereocenters. The molecule has 0 spiro atoms. The Morgan fingerprint density at radius 3 is 1.86 bits per heavy atom. The second-order valence-corrected chi connectivity index (χ2v) is 1.64. The van der Waals surface area contributed by atoms with E-state index >= 15 is 0 Å². The molecule has 1 heterocycles. The fourth-order valence-electron chi connectivity index (χ4n) is 0.433. The van der Waals surface area contributed by atoms with Gasteiger partial charge < -0.3 is 11.1 Å². The van der Waals surface area contributed by atoms with Crippen LogP contribution in [-0.4, -0.2) is 19.6 Å². The molecule has 1 saturated heterocycles. The fraction of sp³-hybridized carbons (Fsp3) is 1.00.